The lowest BCUT2D eigenvalue weighted by Gasteiger charge is -2.14. The van der Waals surface area contributed by atoms with Crippen molar-refractivity contribution in [1.29, 1.82) is 5.26 Å². The monoisotopic (exact) mass is 237 g/mol. The molecule has 1 heterocycles. The summed E-state index contributed by atoms with van der Waals surface area (Å²) in [6.07, 6.45) is 1.79. The third-order valence-electron chi connectivity index (χ3n) is 2.99. The highest BCUT2D eigenvalue weighted by Crippen LogP contribution is 2.27. The predicted octanol–water partition coefficient (Wildman–Crippen LogP) is 3.62. The van der Waals surface area contributed by atoms with E-state index in [1.54, 1.807) is 6.20 Å². The van der Waals surface area contributed by atoms with Crippen molar-refractivity contribution in [3.8, 4) is 6.07 Å². The van der Waals surface area contributed by atoms with Gasteiger partial charge in [0, 0.05) is 6.20 Å². The Morgan fingerprint density at radius 3 is 2.44 bits per heavy atom. The molecular formula is C15H15N3. The van der Waals surface area contributed by atoms with E-state index in [1.165, 1.54) is 0 Å². The Balaban J connectivity index is 2.50. The molecule has 0 aliphatic carbocycles. The first kappa shape index (κ1) is 12.1. The van der Waals surface area contributed by atoms with Gasteiger partial charge in [0.25, 0.3) is 0 Å². The van der Waals surface area contributed by atoms with Crippen LogP contribution in [0.1, 0.15) is 22.4 Å². The van der Waals surface area contributed by atoms with Crippen molar-refractivity contribution in [1.82, 2.24) is 4.98 Å². The zero-order valence-electron chi connectivity index (χ0n) is 10.8. The fourth-order valence-electron chi connectivity index (χ4n) is 1.93. The van der Waals surface area contributed by atoms with Gasteiger partial charge >= 0.3 is 0 Å². The van der Waals surface area contributed by atoms with E-state index in [-0.39, 0.29) is 0 Å². The van der Waals surface area contributed by atoms with Gasteiger partial charge in [0.2, 0.25) is 0 Å². The van der Waals surface area contributed by atoms with Crippen molar-refractivity contribution in [3.05, 3.63) is 52.8 Å². The maximum absolute atomic E-state index is 9.15. The van der Waals surface area contributed by atoms with E-state index < -0.39 is 0 Å². The summed E-state index contributed by atoms with van der Waals surface area (Å²) in [4.78, 5) is 4.28. The van der Waals surface area contributed by atoms with E-state index in [0.717, 1.165) is 28.2 Å². The highest BCUT2D eigenvalue weighted by molar-refractivity contribution is 5.72. The minimum atomic E-state index is 0.651. The molecule has 0 amide bonds. The molecule has 0 bridgehead atoms. The van der Waals surface area contributed by atoms with E-state index in [1.807, 2.05) is 45.0 Å². The molecule has 90 valence electrons. The van der Waals surface area contributed by atoms with Gasteiger partial charge in [0.1, 0.15) is 6.07 Å². The molecule has 1 N–H and O–H groups in total. The van der Waals surface area contributed by atoms with Gasteiger partial charge in [-0.1, -0.05) is 12.1 Å². The van der Waals surface area contributed by atoms with Gasteiger partial charge in [-0.3, -0.25) is 4.98 Å². The number of aryl methyl sites for hydroxylation is 3. The Bertz CT molecular complexity index is 604. The highest BCUT2D eigenvalue weighted by Gasteiger charge is 2.09. The summed E-state index contributed by atoms with van der Waals surface area (Å²) in [7, 11) is 0. The molecule has 0 unspecified atom stereocenters. The highest BCUT2D eigenvalue weighted by atomic mass is 14.9. The van der Waals surface area contributed by atoms with Crippen LogP contribution in [0.3, 0.4) is 0 Å². The van der Waals surface area contributed by atoms with Crippen molar-refractivity contribution in [2.45, 2.75) is 20.8 Å². The fraction of sp³-hybridized carbons (Fsp3) is 0.200. The van der Waals surface area contributed by atoms with Crippen molar-refractivity contribution in [2.24, 2.45) is 0 Å². The predicted molar refractivity (Wildman–Crippen MR) is 72.9 cm³/mol. The van der Waals surface area contributed by atoms with E-state index in [9.17, 15) is 0 Å². The number of nitrogens with zero attached hydrogens (tertiary/aromatic N) is 2. The second kappa shape index (κ2) is 4.89. The van der Waals surface area contributed by atoms with Crippen molar-refractivity contribution in [2.75, 3.05) is 5.32 Å². The van der Waals surface area contributed by atoms with Crippen molar-refractivity contribution < 1.29 is 0 Å². The molecule has 0 aliphatic heterocycles. The third-order valence-corrected chi connectivity index (χ3v) is 2.99. The van der Waals surface area contributed by atoms with E-state index in [4.69, 9.17) is 5.26 Å². The lowest BCUT2D eigenvalue weighted by atomic mass is 10.1. The lowest BCUT2D eigenvalue weighted by molar-refractivity contribution is 1.17. The SMILES string of the molecule is Cc1cccc(C#N)c1Nc1c(C)ccnc1C. The topological polar surface area (TPSA) is 48.7 Å². The summed E-state index contributed by atoms with van der Waals surface area (Å²) in [5.74, 6) is 0. The van der Waals surface area contributed by atoms with Crippen LogP contribution in [0.25, 0.3) is 0 Å². The lowest BCUT2D eigenvalue weighted by Crippen LogP contribution is -2.01. The first-order chi connectivity index (χ1) is 8.63. The molecule has 2 rings (SSSR count). The molecule has 0 saturated carbocycles. The summed E-state index contributed by atoms with van der Waals surface area (Å²) in [6, 6.07) is 9.87. The van der Waals surface area contributed by atoms with E-state index in [2.05, 4.69) is 16.4 Å². The van der Waals surface area contributed by atoms with Gasteiger partial charge in [0.05, 0.1) is 22.6 Å². The van der Waals surface area contributed by atoms with Crippen LogP contribution in [-0.2, 0) is 0 Å². The van der Waals surface area contributed by atoms with Gasteiger partial charge in [-0.2, -0.15) is 5.26 Å². The number of nitriles is 1. The molecule has 0 radical (unpaired) electrons. The smallest absolute Gasteiger partial charge is 0.101 e. The number of anilines is 2. The zero-order valence-corrected chi connectivity index (χ0v) is 10.8. The normalized spacial score (nSPS) is 9.89. The average Bonchev–Trinajstić information content (AvgIpc) is 2.35. The zero-order chi connectivity index (χ0) is 13.1. The fourth-order valence-corrected chi connectivity index (χ4v) is 1.93. The molecule has 3 nitrogen and oxygen atoms in total. The number of hydrogen-bond donors (Lipinski definition) is 1. The van der Waals surface area contributed by atoms with E-state index in [0.29, 0.717) is 5.56 Å². The minimum absolute atomic E-state index is 0.651. The van der Waals surface area contributed by atoms with Gasteiger partial charge in [-0.15, -0.1) is 0 Å². The van der Waals surface area contributed by atoms with Crippen molar-refractivity contribution in [3.63, 3.8) is 0 Å². The first-order valence-electron chi connectivity index (χ1n) is 5.82. The molecule has 0 fully saturated rings. The maximum atomic E-state index is 9.15. The van der Waals surface area contributed by atoms with Crippen LogP contribution in [0.2, 0.25) is 0 Å². The van der Waals surface area contributed by atoms with Crippen molar-refractivity contribution >= 4 is 11.4 Å². The van der Waals surface area contributed by atoms with Gasteiger partial charge in [-0.05, 0) is 44.0 Å². The van der Waals surface area contributed by atoms with Crippen LogP contribution in [0.4, 0.5) is 11.4 Å². The molecule has 0 saturated heterocycles. The molecule has 18 heavy (non-hydrogen) atoms. The number of hydrogen-bond acceptors (Lipinski definition) is 3. The largest absolute Gasteiger partial charge is 0.353 e. The summed E-state index contributed by atoms with van der Waals surface area (Å²) in [6.45, 7) is 5.98. The molecule has 3 heteroatoms. The average molecular weight is 237 g/mol. The Morgan fingerprint density at radius 1 is 1.06 bits per heavy atom. The van der Waals surface area contributed by atoms with Gasteiger partial charge in [-0.25, -0.2) is 0 Å². The molecule has 2 aromatic rings. The van der Waals surface area contributed by atoms with Gasteiger partial charge in [0.15, 0.2) is 0 Å². The standard InChI is InChI=1S/C15H15N3/c1-10-5-4-6-13(9-16)15(10)18-14-11(2)7-8-17-12(14)3/h4-8,18H,1-3H3. The van der Waals surface area contributed by atoms with Crippen LogP contribution >= 0.6 is 0 Å². The molecular weight excluding hydrogens is 222 g/mol. The molecule has 0 aliphatic rings. The van der Waals surface area contributed by atoms with Crippen LogP contribution in [0.5, 0.6) is 0 Å². The number of benzene rings is 1. The molecule has 0 atom stereocenters. The summed E-state index contributed by atoms with van der Waals surface area (Å²) >= 11 is 0. The Morgan fingerprint density at radius 2 is 1.78 bits per heavy atom. The second-order valence-corrected chi connectivity index (χ2v) is 4.32. The number of nitrogens with one attached hydrogen (secondary N) is 1. The quantitative estimate of drug-likeness (QED) is 0.867. The Labute approximate surface area is 107 Å². The van der Waals surface area contributed by atoms with Crippen LogP contribution in [-0.4, -0.2) is 4.98 Å². The molecule has 1 aromatic heterocycles. The number of pyridine rings is 1. The summed E-state index contributed by atoms with van der Waals surface area (Å²) in [5, 5.41) is 12.5. The summed E-state index contributed by atoms with van der Waals surface area (Å²) in [5.41, 5.74) is 5.59. The van der Waals surface area contributed by atoms with E-state index >= 15 is 0 Å². The molecule has 1 aromatic carbocycles. The Kier molecular flexibility index (Phi) is 3.29. The van der Waals surface area contributed by atoms with Crippen LogP contribution in [0, 0.1) is 32.1 Å². The Hall–Kier alpha value is -2.34. The number of rotatable bonds is 2. The first-order valence-corrected chi connectivity index (χ1v) is 5.82. The maximum Gasteiger partial charge on any atom is 0.101 e. The summed E-state index contributed by atoms with van der Waals surface area (Å²) < 4.78 is 0. The number of aromatic nitrogens is 1. The van der Waals surface area contributed by atoms with Crippen LogP contribution in [0.15, 0.2) is 30.5 Å². The van der Waals surface area contributed by atoms with Gasteiger partial charge < -0.3 is 5.32 Å². The molecule has 0 spiro atoms. The minimum Gasteiger partial charge on any atom is -0.353 e. The second-order valence-electron chi connectivity index (χ2n) is 4.32. The third kappa shape index (κ3) is 2.18. The number of para-hydroxylation sites is 1. The van der Waals surface area contributed by atoms with Crippen LogP contribution < -0.4 is 5.32 Å².